The second kappa shape index (κ2) is 10.4. The highest BCUT2D eigenvalue weighted by atomic mass is 32.2. The summed E-state index contributed by atoms with van der Waals surface area (Å²) in [6.07, 6.45) is 1.64. The third kappa shape index (κ3) is 6.27. The van der Waals surface area contributed by atoms with Crippen LogP contribution < -0.4 is 15.4 Å². The zero-order valence-electron chi connectivity index (χ0n) is 16.7. The van der Waals surface area contributed by atoms with Crippen molar-refractivity contribution in [3.05, 3.63) is 83.5 Å². The highest BCUT2D eigenvalue weighted by Gasteiger charge is 2.16. The molecule has 1 aromatic heterocycles. The fraction of sp³-hybridized carbons (Fsp3) is 0.0952. The standard InChI is InChI=1S/C21H19N5O5S/c27-20(26-29)14-24-32(30,31)19-9-4-6-16(12-19)15-5-3-8-17(11-15)25-21(28)23-13-18-7-1-2-10-22-18/h1-12,24H,13-14H2,(H2,23,25,28). The summed E-state index contributed by atoms with van der Waals surface area (Å²) in [5, 5.41) is 7.58. The van der Waals surface area contributed by atoms with E-state index in [1.54, 1.807) is 54.7 Å². The molecule has 2 aromatic carbocycles. The summed E-state index contributed by atoms with van der Waals surface area (Å²) in [6.45, 7) is -0.454. The molecule has 0 unspecified atom stereocenters. The Morgan fingerprint density at radius 2 is 1.69 bits per heavy atom. The van der Waals surface area contributed by atoms with Gasteiger partial charge in [-0.25, -0.2) is 17.9 Å². The van der Waals surface area contributed by atoms with Gasteiger partial charge in [-0.05, 0) is 47.5 Å². The number of nitrogens with zero attached hydrogens (tertiary/aromatic N) is 2. The van der Waals surface area contributed by atoms with Gasteiger partial charge in [-0.15, -0.1) is 4.91 Å². The number of anilines is 1. The monoisotopic (exact) mass is 453 g/mol. The minimum atomic E-state index is -4.01. The molecule has 3 amide bonds. The second-order valence-corrected chi connectivity index (χ2v) is 8.31. The molecule has 0 bridgehead atoms. The number of benzene rings is 2. The van der Waals surface area contributed by atoms with E-state index in [1.165, 1.54) is 12.1 Å². The Bertz CT molecular complexity index is 1230. The van der Waals surface area contributed by atoms with Crippen LogP contribution in [-0.2, 0) is 21.4 Å². The van der Waals surface area contributed by atoms with Crippen molar-refractivity contribution in [1.29, 1.82) is 0 Å². The van der Waals surface area contributed by atoms with Crippen molar-refractivity contribution >= 4 is 27.6 Å². The van der Waals surface area contributed by atoms with Crippen molar-refractivity contribution in [2.45, 2.75) is 11.4 Å². The SMILES string of the molecule is O=NC(=O)CNS(=O)(=O)c1cccc(-c2cccc(NC(=O)NCc3ccccn3)c2)c1. The number of nitroso groups, excluding NO2 is 1. The van der Waals surface area contributed by atoms with Crippen LogP contribution >= 0.6 is 0 Å². The molecule has 3 N–H and O–H groups in total. The Balaban J connectivity index is 1.70. The van der Waals surface area contributed by atoms with E-state index in [9.17, 15) is 22.9 Å². The van der Waals surface area contributed by atoms with Crippen LogP contribution in [0.4, 0.5) is 10.5 Å². The van der Waals surface area contributed by atoms with Gasteiger partial charge in [-0.3, -0.25) is 9.78 Å². The molecule has 10 nitrogen and oxygen atoms in total. The number of urea groups is 1. The number of carbonyl (C=O) groups excluding carboxylic acids is 2. The smallest absolute Gasteiger partial charge is 0.319 e. The molecule has 0 radical (unpaired) electrons. The van der Waals surface area contributed by atoms with Crippen molar-refractivity contribution < 1.29 is 18.0 Å². The highest BCUT2D eigenvalue weighted by Crippen LogP contribution is 2.25. The molecule has 0 spiro atoms. The topological polar surface area (TPSA) is 147 Å². The molecule has 0 saturated heterocycles. The van der Waals surface area contributed by atoms with E-state index in [1.807, 2.05) is 10.8 Å². The molecule has 0 atom stereocenters. The number of nitrogens with one attached hydrogen (secondary N) is 3. The van der Waals surface area contributed by atoms with Crippen molar-refractivity contribution in [3.63, 3.8) is 0 Å². The summed E-state index contributed by atoms with van der Waals surface area (Å²) in [4.78, 5) is 37.4. The molecule has 3 aromatic rings. The van der Waals surface area contributed by atoms with Crippen molar-refractivity contribution in [1.82, 2.24) is 15.0 Å². The predicted molar refractivity (Wildman–Crippen MR) is 118 cm³/mol. The average molecular weight is 453 g/mol. The van der Waals surface area contributed by atoms with Crippen LogP contribution in [0, 0.1) is 4.91 Å². The molecule has 32 heavy (non-hydrogen) atoms. The lowest BCUT2D eigenvalue weighted by atomic mass is 10.1. The van der Waals surface area contributed by atoms with Gasteiger partial charge in [0.1, 0.15) is 0 Å². The van der Waals surface area contributed by atoms with Crippen molar-refractivity contribution in [2.75, 3.05) is 11.9 Å². The molecular weight excluding hydrogens is 434 g/mol. The summed E-state index contributed by atoms with van der Waals surface area (Å²) in [5.74, 6) is -1.12. The van der Waals surface area contributed by atoms with Crippen LogP contribution in [0.3, 0.4) is 0 Å². The molecule has 0 aliphatic heterocycles. The highest BCUT2D eigenvalue weighted by molar-refractivity contribution is 7.89. The summed E-state index contributed by atoms with van der Waals surface area (Å²) < 4.78 is 26.7. The van der Waals surface area contributed by atoms with Gasteiger partial charge in [-0.2, -0.15) is 0 Å². The fourth-order valence-corrected chi connectivity index (χ4v) is 3.76. The van der Waals surface area contributed by atoms with Crippen LogP contribution in [-0.4, -0.2) is 31.9 Å². The summed E-state index contributed by atoms with van der Waals surface area (Å²) in [5.41, 5.74) is 2.46. The summed E-state index contributed by atoms with van der Waals surface area (Å²) in [7, 11) is -4.01. The van der Waals surface area contributed by atoms with E-state index < -0.39 is 28.5 Å². The predicted octanol–water partition coefficient (Wildman–Crippen LogP) is 2.64. The lowest BCUT2D eigenvalue weighted by molar-refractivity contribution is -0.116. The van der Waals surface area contributed by atoms with Gasteiger partial charge < -0.3 is 10.6 Å². The van der Waals surface area contributed by atoms with Crippen LogP contribution in [0.5, 0.6) is 0 Å². The molecule has 11 heteroatoms. The van der Waals surface area contributed by atoms with E-state index in [-0.39, 0.29) is 11.4 Å². The Hall–Kier alpha value is -3.96. The van der Waals surface area contributed by atoms with Crippen molar-refractivity contribution in [2.24, 2.45) is 5.18 Å². The third-order valence-electron chi connectivity index (χ3n) is 4.27. The molecule has 0 saturated carbocycles. The van der Waals surface area contributed by atoms with Gasteiger partial charge in [0.05, 0.1) is 23.7 Å². The maximum Gasteiger partial charge on any atom is 0.319 e. The molecule has 0 aliphatic carbocycles. The molecule has 3 rings (SSSR count). The van der Waals surface area contributed by atoms with Gasteiger partial charge in [0.25, 0.3) is 0 Å². The van der Waals surface area contributed by atoms with Crippen LogP contribution in [0.25, 0.3) is 11.1 Å². The van der Waals surface area contributed by atoms with Crippen LogP contribution in [0.1, 0.15) is 5.69 Å². The zero-order valence-corrected chi connectivity index (χ0v) is 17.5. The lowest BCUT2D eigenvalue weighted by Crippen LogP contribution is -2.28. The molecule has 1 heterocycles. The first-order chi connectivity index (χ1) is 15.4. The average Bonchev–Trinajstić information content (AvgIpc) is 2.82. The Kier molecular flexibility index (Phi) is 7.37. The number of rotatable bonds is 8. The van der Waals surface area contributed by atoms with E-state index >= 15 is 0 Å². The van der Waals surface area contributed by atoms with E-state index in [0.29, 0.717) is 22.5 Å². The number of hydrogen-bond donors (Lipinski definition) is 3. The first-order valence-corrected chi connectivity index (χ1v) is 10.9. The van der Waals surface area contributed by atoms with Gasteiger partial charge in [0.15, 0.2) is 0 Å². The maximum atomic E-state index is 12.4. The molecular formula is C21H19N5O5S. The minimum Gasteiger partial charge on any atom is -0.332 e. The van der Waals surface area contributed by atoms with Gasteiger partial charge in [0, 0.05) is 17.1 Å². The van der Waals surface area contributed by atoms with E-state index in [2.05, 4.69) is 20.8 Å². The number of amides is 3. The third-order valence-corrected chi connectivity index (χ3v) is 5.67. The molecule has 0 fully saturated rings. The first kappa shape index (κ1) is 22.7. The Labute approximate surface area is 184 Å². The number of hydrogen-bond acceptors (Lipinski definition) is 6. The first-order valence-electron chi connectivity index (χ1n) is 9.38. The normalized spacial score (nSPS) is 10.9. The lowest BCUT2D eigenvalue weighted by Gasteiger charge is -2.10. The quantitative estimate of drug-likeness (QED) is 0.447. The zero-order chi connectivity index (χ0) is 23.0. The van der Waals surface area contributed by atoms with Gasteiger partial charge in [-0.1, -0.05) is 30.3 Å². The number of carbonyl (C=O) groups is 2. The number of aromatic nitrogens is 1. The largest absolute Gasteiger partial charge is 0.332 e. The van der Waals surface area contributed by atoms with E-state index in [0.717, 1.165) is 0 Å². The number of pyridine rings is 1. The fourth-order valence-electron chi connectivity index (χ4n) is 2.74. The van der Waals surface area contributed by atoms with Crippen LogP contribution in [0.2, 0.25) is 0 Å². The van der Waals surface area contributed by atoms with Gasteiger partial charge >= 0.3 is 11.9 Å². The summed E-state index contributed by atoms with van der Waals surface area (Å²) >= 11 is 0. The molecule has 0 aliphatic rings. The summed E-state index contributed by atoms with van der Waals surface area (Å²) in [6, 6.07) is 17.9. The number of sulfonamides is 1. The minimum absolute atomic E-state index is 0.0832. The van der Waals surface area contributed by atoms with Crippen LogP contribution in [0.15, 0.2) is 83.0 Å². The molecule has 164 valence electrons. The Morgan fingerprint density at radius 3 is 2.41 bits per heavy atom. The van der Waals surface area contributed by atoms with Gasteiger partial charge in [0.2, 0.25) is 10.0 Å². The Morgan fingerprint density at radius 1 is 0.938 bits per heavy atom. The maximum absolute atomic E-state index is 12.4. The van der Waals surface area contributed by atoms with E-state index in [4.69, 9.17) is 0 Å². The van der Waals surface area contributed by atoms with Crippen molar-refractivity contribution in [3.8, 4) is 11.1 Å². The second-order valence-electron chi connectivity index (χ2n) is 6.55.